The Morgan fingerprint density at radius 2 is 2.20 bits per heavy atom. The van der Waals surface area contributed by atoms with E-state index in [1.807, 2.05) is 33.9 Å². The molecule has 1 fully saturated rings. The molecular formula is C18H26N6O. The van der Waals surface area contributed by atoms with Crippen LogP contribution < -0.4 is 5.32 Å². The Morgan fingerprint density at radius 3 is 2.84 bits per heavy atom. The van der Waals surface area contributed by atoms with Crippen molar-refractivity contribution in [3.63, 3.8) is 0 Å². The van der Waals surface area contributed by atoms with E-state index in [-0.39, 0.29) is 11.9 Å². The lowest BCUT2D eigenvalue weighted by molar-refractivity contribution is -0.121. The number of anilines is 1. The van der Waals surface area contributed by atoms with Crippen LogP contribution in [0.3, 0.4) is 0 Å². The Morgan fingerprint density at radius 1 is 1.40 bits per heavy atom. The zero-order valence-corrected chi connectivity index (χ0v) is 15.4. The van der Waals surface area contributed by atoms with Gasteiger partial charge in [-0.2, -0.15) is 5.10 Å². The van der Waals surface area contributed by atoms with Gasteiger partial charge in [0, 0.05) is 31.4 Å². The van der Waals surface area contributed by atoms with Crippen molar-refractivity contribution in [3.8, 4) is 0 Å². The number of hydrogen-bond acceptors (Lipinski definition) is 5. The minimum absolute atomic E-state index is 0.0162. The number of nitrogens with one attached hydrogen (secondary N) is 1. The Hall–Kier alpha value is -2.28. The first-order valence-electron chi connectivity index (χ1n) is 8.78. The highest BCUT2D eigenvalue weighted by Crippen LogP contribution is 2.27. The number of aromatic nitrogens is 4. The molecule has 1 aliphatic heterocycles. The second kappa shape index (κ2) is 7.31. The minimum Gasteiger partial charge on any atom is -0.322 e. The smallest absolute Gasteiger partial charge is 0.241 e. The van der Waals surface area contributed by atoms with Crippen molar-refractivity contribution < 1.29 is 4.79 Å². The number of carbonyl (C=O) groups is 1. The summed E-state index contributed by atoms with van der Waals surface area (Å²) in [5.41, 5.74) is 3.70. The molecule has 3 rings (SSSR count). The number of hydrogen-bond donors (Lipinski definition) is 1. The van der Waals surface area contributed by atoms with Crippen molar-refractivity contribution in [1.82, 2.24) is 24.6 Å². The van der Waals surface area contributed by atoms with Gasteiger partial charge in [0.15, 0.2) is 0 Å². The van der Waals surface area contributed by atoms with Gasteiger partial charge in [-0.1, -0.05) is 0 Å². The number of nitrogens with zero attached hydrogens (tertiary/aromatic N) is 5. The SMILES string of the molecule is Cc1nn(C)c(C)c1NC(=O)[C@H](C)N1CCC[C@@H](c2ccncn2)C1. The highest BCUT2D eigenvalue weighted by atomic mass is 16.2. The number of piperidine rings is 1. The molecule has 134 valence electrons. The normalized spacial score (nSPS) is 19.6. The van der Waals surface area contributed by atoms with Crippen LogP contribution in [-0.4, -0.2) is 49.7 Å². The van der Waals surface area contributed by atoms with Crippen LogP contribution in [0.2, 0.25) is 0 Å². The summed E-state index contributed by atoms with van der Waals surface area (Å²) in [4.78, 5) is 23.4. The van der Waals surface area contributed by atoms with Crippen LogP contribution in [0.1, 0.15) is 42.8 Å². The fourth-order valence-corrected chi connectivity index (χ4v) is 3.49. The molecular weight excluding hydrogens is 316 g/mol. The average molecular weight is 342 g/mol. The summed E-state index contributed by atoms with van der Waals surface area (Å²) in [5.74, 6) is 0.372. The fraction of sp³-hybridized carbons (Fsp3) is 0.556. The average Bonchev–Trinajstić information content (AvgIpc) is 2.88. The molecule has 2 aromatic heterocycles. The zero-order valence-electron chi connectivity index (χ0n) is 15.4. The third kappa shape index (κ3) is 3.71. The minimum atomic E-state index is -0.191. The van der Waals surface area contributed by atoms with Gasteiger partial charge < -0.3 is 5.32 Å². The second-order valence-corrected chi connectivity index (χ2v) is 6.80. The molecule has 7 heteroatoms. The summed E-state index contributed by atoms with van der Waals surface area (Å²) in [7, 11) is 1.89. The van der Waals surface area contributed by atoms with E-state index in [0.29, 0.717) is 5.92 Å². The van der Waals surface area contributed by atoms with E-state index in [4.69, 9.17) is 0 Å². The van der Waals surface area contributed by atoms with Gasteiger partial charge in [-0.05, 0) is 46.2 Å². The van der Waals surface area contributed by atoms with Crippen LogP contribution >= 0.6 is 0 Å². The number of aryl methyl sites for hydroxylation is 2. The van der Waals surface area contributed by atoms with Gasteiger partial charge in [0.2, 0.25) is 5.91 Å². The van der Waals surface area contributed by atoms with E-state index in [2.05, 4.69) is 25.3 Å². The molecule has 1 N–H and O–H groups in total. The molecule has 0 unspecified atom stereocenters. The van der Waals surface area contributed by atoms with E-state index in [1.54, 1.807) is 17.2 Å². The quantitative estimate of drug-likeness (QED) is 0.920. The zero-order chi connectivity index (χ0) is 18.0. The third-order valence-electron chi connectivity index (χ3n) is 5.16. The number of carbonyl (C=O) groups excluding carboxylic acids is 1. The van der Waals surface area contributed by atoms with Crippen molar-refractivity contribution in [2.24, 2.45) is 7.05 Å². The molecule has 0 bridgehead atoms. The molecule has 7 nitrogen and oxygen atoms in total. The van der Waals surface area contributed by atoms with E-state index in [9.17, 15) is 4.79 Å². The first kappa shape index (κ1) is 17.5. The third-order valence-corrected chi connectivity index (χ3v) is 5.16. The van der Waals surface area contributed by atoms with Crippen molar-refractivity contribution >= 4 is 11.6 Å². The molecule has 2 aromatic rings. The predicted octanol–water partition coefficient (Wildman–Crippen LogP) is 2.03. The molecule has 0 aromatic carbocycles. The number of rotatable bonds is 4. The lowest BCUT2D eigenvalue weighted by Crippen LogP contribution is -2.46. The first-order valence-corrected chi connectivity index (χ1v) is 8.78. The standard InChI is InChI=1S/C18H26N6O/c1-12-17(13(2)23(4)22-12)21-18(25)14(3)24-9-5-6-15(10-24)16-7-8-19-11-20-16/h7-8,11,14-15H,5-6,9-10H2,1-4H3,(H,21,25)/t14-,15+/m0/s1. The second-order valence-electron chi connectivity index (χ2n) is 6.80. The van der Waals surface area contributed by atoms with Gasteiger partial charge >= 0.3 is 0 Å². The maximum Gasteiger partial charge on any atom is 0.241 e. The van der Waals surface area contributed by atoms with E-state index in [0.717, 1.165) is 48.7 Å². The molecule has 1 amide bonds. The largest absolute Gasteiger partial charge is 0.322 e. The molecule has 0 spiro atoms. The van der Waals surface area contributed by atoms with Gasteiger partial charge in [-0.15, -0.1) is 0 Å². The van der Waals surface area contributed by atoms with Crippen LogP contribution in [0.4, 0.5) is 5.69 Å². The van der Waals surface area contributed by atoms with Crippen molar-refractivity contribution in [2.45, 2.75) is 45.6 Å². The summed E-state index contributed by atoms with van der Waals surface area (Å²) >= 11 is 0. The topological polar surface area (TPSA) is 75.9 Å². The van der Waals surface area contributed by atoms with E-state index < -0.39 is 0 Å². The summed E-state index contributed by atoms with van der Waals surface area (Å²) in [6.45, 7) is 7.63. The summed E-state index contributed by atoms with van der Waals surface area (Å²) in [5, 5.41) is 7.42. The lowest BCUT2D eigenvalue weighted by atomic mass is 9.93. The van der Waals surface area contributed by atoms with Crippen LogP contribution in [0.5, 0.6) is 0 Å². The molecule has 0 saturated carbocycles. The first-order chi connectivity index (χ1) is 12.0. The maximum atomic E-state index is 12.8. The van der Waals surface area contributed by atoms with Crippen molar-refractivity contribution in [1.29, 1.82) is 0 Å². The van der Waals surface area contributed by atoms with Crippen LogP contribution in [0.25, 0.3) is 0 Å². The Bertz CT molecular complexity index is 742. The van der Waals surface area contributed by atoms with Crippen LogP contribution in [0.15, 0.2) is 18.6 Å². The molecule has 2 atom stereocenters. The van der Waals surface area contributed by atoms with Crippen LogP contribution in [0, 0.1) is 13.8 Å². The summed E-state index contributed by atoms with van der Waals surface area (Å²) in [6, 6.07) is 1.78. The van der Waals surface area contributed by atoms with Gasteiger partial charge in [0.25, 0.3) is 0 Å². The van der Waals surface area contributed by atoms with Crippen molar-refractivity contribution in [3.05, 3.63) is 35.7 Å². The summed E-state index contributed by atoms with van der Waals surface area (Å²) < 4.78 is 1.79. The van der Waals surface area contributed by atoms with E-state index >= 15 is 0 Å². The Balaban J connectivity index is 1.67. The summed E-state index contributed by atoms with van der Waals surface area (Å²) in [6.07, 6.45) is 5.55. The van der Waals surface area contributed by atoms with Gasteiger partial charge in [-0.3, -0.25) is 14.4 Å². The van der Waals surface area contributed by atoms with Gasteiger partial charge in [0.1, 0.15) is 6.33 Å². The number of amides is 1. The maximum absolute atomic E-state index is 12.8. The van der Waals surface area contributed by atoms with Gasteiger partial charge in [-0.25, -0.2) is 9.97 Å². The van der Waals surface area contributed by atoms with E-state index in [1.165, 1.54) is 0 Å². The molecule has 0 radical (unpaired) electrons. The highest BCUT2D eigenvalue weighted by Gasteiger charge is 2.29. The molecule has 25 heavy (non-hydrogen) atoms. The molecule has 0 aliphatic carbocycles. The molecule has 1 aliphatic rings. The fourth-order valence-electron chi connectivity index (χ4n) is 3.49. The number of likely N-dealkylation sites (tertiary alicyclic amines) is 1. The van der Waals surface area contributed by atoms with Crippen LogP contribution in [-0.2, 0) is 11.8 Å². The monoisotopic (exact) mass is 342 g/mol. The van der Waals surface area contributed by atoms with Gasteiger partial charge in [0.05, 0.1) is 23.1 Å². The predicted molar refractivity (Wildman–Crippen MR) is 96.4 cm³/mol. The Labute approximate surface area is 148 Å². The Kier molecular flexibility index (Phi) is 5.13. The molecule has 1 saturated heterocycles. The lowest BCUT2D eigenvalue weighted by Gasteiger charge is -2.35. The molecule has 3 heterocycles. The van der Waals surface area contributed by atoms with Crippen molar-refractivity contribution in [2.75, 3.05) is 18.4 Å². The highest BCUT2D eigenvalue weighted by molar-refractivity contribution is 5.95.